The van der Waals surface area contributed by atoms with Gasteiger partial charge in [-0.25, -0.2) is 14.4 Å². The fourth-order valence-electron chi connectivity index (χ4n) is 3.17. The quantitative estimate of drug-likeness (QED) is 0.529. The van der Waals surface area contributed by atoms with Crippen molar-refractivity contribution in [2.24, 2.45) is 0 Å². The molecule has 3 nitrogen and oxygen atoms in total. The molecule has 0 saturated heterocycles. The molecule has 1 aliphatic heterocycles. The zero-order valence-corrected chi connectivity index (χ0v) is 16.3. The van der Waals surface area contributed by atoms with Crippen LogP contribution in [0.15, 0.2) is 53.0 Å². The van der Waals surface area contributed by atoms with E-state index in [4.69, 9.17) is 11.6 Å². The first kappa shape index (κ1) is 17.6. The lowest BCUT2D eigenvalue weighted by Gasteiger charge is -2.28. The Morgan fingerprint density at radius 3 is 2.69 bits per heavy atom. The summed E-state index contributed by atoms with van der Waals surface area (Å²) in [6, 6.07) is 15.2. The van der Waals surface area contributed by atoms with Crippen LogP contribution < -0.4 is 0 Å². The summed E-state index contributed by atoms with van der Waals surface area (Å²) in [6.07, 6.45) is 0.802. The Bertz CT molecular complexity index is 949. The molecule has 3 aromatic rings. The van der Waals surface area contributed by atoms with Gasteiger partial charge in [0.15, 0.2) is 5.82 Å². The third-order valence-electron chi connectivity index (χ3n) is 4.52. The standard InChI is InChI=1S/C20H16BrClFN3/c21-16-7-6-14(10-17(16)23)20-24-18-8-9-26(12-15(18)19(22)25-20)11-13-4-2-1-3-5-13/h1-7,10H,8-9,11-12H2. The van der Waals surface area contributed by atoms with Gasteiger partial charge in [0.05, 0.1) is 10.2 Å². The molecule has 0 spiro atoms. The molecule has 0 atom stereocenters. The van der Waals surface area contributed by atoms with E-state index >= 15 is 0 Å². The minimum absolute atomic E-state index is 0.339. The van der Waals surface area contributed by atoms with Crippen LogP contribution in [-0.2, 0) is 19.5 Å². The van der Waals surface area contributed by atoms with Crippen molar-refractivity contribution < 1.29 is 4.39 Å². The Hall–Kier alpha value is -1.82. The number of hydrogen-bond donors (Lipinski definition) is 0. The normalized spacial score (nSPS) is 14.3. The lowest BCUT2D eigenvalue weighted by atomic mass is 10.1. The fraction of sp³-hybridized carbons (Fsp3) is 0.200. The average molecular weight is 433 g/mol. The van der Waals surface area contributed by atoms with Gasteiger partial charge in [-0.05, 0) is 39.7 Å². The molecule has 2 aromatic carbocycles. The highest BCUT2D eigenvalue weighted by atomic mass is 79.9. The van der Waals surface area contributed by atoms with E-state index in [2.05, 4.69) is 42.9 Å². The topological polar surface area (TPSA) is 29.0 Å². The van der Waals surface area contributed by atoms with E-state index in [0.717, 1.165) is 37.3 Å². The van der Waals surface area contributed by atoms with Crippen molar-refractivity contribution in [2.45, 2.75) is 19.5 Å². The van der Waals surface area contributed by atoms with Gasteiger partial charge in [-0.2, -0.15) is 0 Å². The Balaban J connectivity index is 1.60. The van der Waals surface area contributed by atoms with Crippen molar-refractivity contribution in [2.75, 3.05) is 6.54 Å². The largest absolute Gasteiger partial charge is 0.294 e. The second kappa shape index (κ2) is 7.43. The van der Waals surface area contributed by atoms with Gasteiger partial charge in [-0.1, -0.05) is 41.9 Å². The van der Waals surface area contributed by atoms with Crippen LogP contribution in [0.5, 0.6) is 0 Å². The van der Waals surface area contributed by atoms with Crippen LogP contribution >= 0.6 is 27.5 Å². The van der Waals surface area contributed by atoms with E-state index in [1.165, 1.54) is 11.6 Å². The summed E-state index contributed by atoms with van der Waals surface area (Å²) in [5.74, 6) is 0.130. The number of fused-ring (bicyclic) bond motifs is 1. The first-order valence-electron chi connectivity index (χ1n) is 8.37. The number of nitrogens with zero attached hydrogens (tertiary/aromatic N) is 3. The van der Waals surface area contributed by atoms with Crippen molar-refractivity contribution in [3.05, 3.63) is 80.8 Å². The van der Waals surface area contributed by atoms with Crippen molar-refractivity contribution in [3.63, 3.8) is 0 Å². The van der Waals surface area contributed by atoms with Crippen molar-refractivity contribution in [3.8, 4) is 11.4 Å². The molecule has 1 aromatic heterocycles. The van der Waals surface area contributed by atoms with Gasteiger partial charge in [0.1, 0.15) is 11.0 Å². The van der Waals surface area contributed by atoms with E-state index in [9.17, 15) is 4.39 Å². The Morgan fingerprint density at radius 1 is 1.12 bits per heavy atom. The fourth-order valence-corrected chi connectivity index (χ4v) is 3.67. The molecule has 0 saturated carbocycles. The van der Waals surface area contributed by atoms with E-state index in [-0.39, 0.29) is 5.82 Å². The maximum atomic E-state index is 13.8. The van der Waals surface area contributed by atoms with E-state index in [1.54, 1.807) is 12.1 Å². The minimum atomic E-state index is -0.339. The van der Waals surface area contributed by atoms with Gasteiger partial charge in [-0.15, -0.1) is 0 Å². The van der Waals surface area contributed by atoms with Crippen LogP contribution in [-0.4, -0.2) is 21.4 Å². The third kappa shape index (κ3) is 3.65. The summed E-state index contributed by atoms with van der Waals surface area (Å²) < 4.78 is 14.2. The van der Waals surface area contributed by atoms with Gasteiger partial charge in [0.2, 0.25) is 0 Å². The number of benzene rings is 2. The summed E-state index contributed by atoms with van der Waals surface area (Å²) in [5, 5.41) is 0.450. The highest BCUT2D eigenvalue weighted by molar-refractivity contribution is 9.10. The lowest BCUT2D eigenvalue weighted by Crippen LogP contribution is -2.31. The zero-order chi connectivity index (χ0) is 18.1. The van der Waals surface area contributed by atoms with Gasteiger partial charge in [0, 0.05) is 37.2 Å². The third-order valence-corrected chi connectivity index (χ3v) is 5.47. The molecule has 0 radical (unpaired) electrons. The van der Waals surface area contributed by atoms with E-state index < -0.39 is 0 Å². The Morgan fingerprint density at radius 2 is 1.92 bits per heavy atom. The highest BCUT2D eigenvalue weighted by Crippen LogP contribution is 2.29. The van der Waals surface area contributed by atoms with Crippen LogP contribution in [0.4, 0.5) is 4.39 Å². The molecule has 0 aliphatic carbocycles. The monoisotopic (exact) mass is 431 g/mol. The Labute approximate surface area is 165 Å². The molecule has 26 heavy (non-hydrogen) atoms. The predicted molar refractivity (Wildman–Crippen MR) is 104 cm³/mol. The van der Waals surface area contributed by atoms with Crippen LogP contribution in [0.1, 0.15) is 16.8 Å². The highest BCUT2D eigenvalue weighted by Gasteiger charge is 2.22. The molecule has 0 bridgehead atoms. The number of halogens is 3. The summed E-state index contributed by atoms with van der Waals surface area (Å²) in [5.41, 5.74) is 3.82. The maximum absolute atomic E-state index is 13.8. The molecule has 0 fully saturated rings. The molecule has 2 heterocycles. The zero-order valence-electron chi connectivity index (χ0n) is 13.9. The van der Waals surface area contributed by atoms with Crippen LogP contribution in [0.2, 0.25) is 5.15 Å². The lowest BCUT2D eigenvalue weighted by molar-refractivity contribution is 0.243. The Kier molecular flexibility index (Phi) is 5.02. The molecule has 1 aliphatic rings. The molecule has 0 amide bonds. The summed E-state index contributed by atoms with van der Waals surface area (Å²) in [6.45, 7) is 2.50. The molecule has 6 heteroatoms. The van der Waals surface area contributed by atoms with Gasteiger partial charge >= 0.3 is 0 Å². The van der Waals surface area contributed by atoms with Crippen LogP contribution in [0, 0.1) is 5.82 Å². The maximum Gasteiger partial charge on any atom is 0.161 e. The van der Waals surface area contributed by atoms with Gasteiger partial charge < -0.3 is 0 Å². The second-order valence-electron chi connectivity index (χ2n) is 6.34. The molecular formula is C20H16BrClFN3. The SMILES string of the molecule is Fc1cc(-c2nc(Cl)c3c(n2)CCN(Cc2ccccc2)C3)ccc1Br. The van der Waals surface area contributed by atoms with Crippen molar-refractivity contribution in [1.82, 2.24) is 14.9 Å². The van der Waals surface area contributed by atoms with E-state index in [0.29, 0.717) is 21.0 Å². The predicted octanol–water partition coefficient (Wildman–Crippen LogP) is 5.26. The summed E-state index contributed by atoms with van der Waals surface area (Å²) in [4.78, 5) is 11.4. The van der Waals surface area contributed by atoms with Gasteiger partial charge in [0.25, 0.3) is 0 Å². The van der Waals surface area contributed by atoms with Crippen LogP contribution in [0.25, 0.3) is 11.4 Å². The summed E-state index contributed by atoms with van der Waals surface area (Å²) in [7, 11) is 0. The molecule has 0 N–H and O–H groups in total. The molecule has 0 unspecified atom stereocenters. The van der Waals surface area contributed by atoms with Gasteiger partial charge in [-0.3, -0.25) is 4.90 Å². The first-order chi connectivity index (χ1) is 12.6. The first-order valence-corrected chi connectivity index (χ1v) is 9.54. The minimum Gasteiger partial charge on any atom is -0.294 e. The molecule has 4 rings (SSSR count). The van der Waals surface area contributed by atoms with Crippen molar-refractivity contribution >= 4 is 27.5 Å². The van der Waals surface area contributed by atoms with Crippen LogP contribution in [0.3, 0.4) is 0 Å². The number of aromatic nitrogens is 2. The average Bonchev–Trinajstić information content (AvgIpc) is 2.65. The number of hydrogen-bond acceptors (Lipinski definition) is 3. The van der Waals surface area contributed by atoms with Crippen molar-refractivity contribution in [1.29, 1.82) is 0 Å². The van der Waals surface area contributed by atoms with E-state index in [1.807, 2.05) is 18.2 Å². The second-order valence-corrected chi connectivity index (χ2v) is 7.55. The molecule has 132 valence electrons. The summed E-state index contributed by atoms with van der Waals surface area (Å²) >= 11 is 9.62. The smallest absolute Gasteiger partial charge is 0.161 e. The molecular weight excluding hydrogens is 417 g/mol. The number of rotatable bonds is 3.